The van der Waals surface area contributed by atoms with Gasteiger partial charge in [0, 0.05) is 6.54 Å². The molecule has 26 heavy (non-hydrogen) atoms. The second-order valence-electron chi connectivity index (χ2n) is 6.01. The minimum atomic E-state index is -0.275. The first-order chi connectivity index (χ1) is 12.7. The molecular weight excluding hydrogens is 330 g/mol. The van der Waals surface area contributed by atoms with E-state index in [0.717, 1.165) is 5.56 Å². The quantitative estimate of drug-likeness (QED) is 0.711. The lowest BCUT2D eigenvalue weighted by Crippen LogP contribution is -2.45. The number of fused-ring (bicyclic) bond motifs is 1. The predicted molar refractivity (Wildman–Crippen MR) is 99.7 cm³/mol. The van der Waals surface area contributed by atoms with Gasteiger partial charge in [-0.15, -0.1) is 5.10 Å². The van der Waals surface area contributed by atoms with Crippen LogP contribution < -0.4 is 16.2 Å². The van der Waals surface area contributed by atoms with Crippen LogP contribution in [0.25, 0.3) is 10.9 Å². The summed E-state index contributed by atoms with van der Waals surface area (Å²) < 4.78 is 1.30. The molecule has 7 heteroatoms. The molecule has 0 saturated heterocycles. The Morgan fingerprint density at radius 1 is 1.12 bits per heavy atom. The van der Waals surface area contributed by atoms with Crippen molar-refractivity contribution in [2.45, 2.75) is 32.5 Å². The second kappa shape index (κ2) is 8.24. The molecule has 0 spiro atoms. The average Bonchev–Trinajstić information content (AvgIpc) is 2.69. The fourth-order valence-electron chi connectivity index (χ4n) is 2.64. The van der Waals surface area contributed by atoms with E-state index in [0.29, 0.717) is 23.9 Å². The highest BCUT2D eigenvalue weighted by Crippen LogP contribution is 2.04. The summed E-state index contributed by atoms with van der Waals surface area (Å²) in [6, 6.07) is 16.3. The summed E-state index contributed by atoms with van der Waals surface area (Å²) in [5, 5.41) is 14.3. The summed E-state index contributed by atoms with van der Waals surface area (Å²) in [6.07, 6.45) is 0.666. The highest BCUT2D eigenvalue weighted by atomic mass is 16.2. The van der Waals surface area contributed by atoms with E-state index in [2.05, 4.69) is 20.9 Å². The minimum absolute atomic E-state index is 0.208. The van der Waals surface area contributed by atoms with Gasteiger partial charge in [-0.1, -0.05) is 54.6 Å². The molecule has 2 amide bonds. The first-order valence-corrected chi connectivity index (χ1v) is 8.58. The summed E-state index contributed by atoms with van der Waals surface area (Å²) in [7, 11) is 0. The molecule has 0 aliphatic carbocycles. The van der Waals surface area contributed by atoms with E-state index in [-0.39, 0.29) is 24.2 Å². The number of hydrogen-bond acceptors (Lipinski definition) is 4. The number of benzene rings is 2. The molecule has 0 radical (unpaired) electrons. The maximum absolute atomic E-state index is 12.5. The van der Waals surface area contributed by atoms with Gasteiger partial charge in [-0.3, -0.25) is 4.79 Å². The summed E-state index contributed by atoms with van der Waals surface area (Å²) in [4.78, 5) is 24.6. The van der Waals surface area contributed by atoms with Gasteiger partial charge in [0.1, 0.15) is 5.52 Å². The molecule has 7 nitrogen and oxygen atoms in total. The number of amides is 2. The number of carbonyl (C=O) groups is 1. The molecule has 1 heterocycles. The number of hydrogen-bond donors (Lipinski definition) is 2. The maximum atomic E-state index is 12.5. The van der Waals surface area contributed by atoms with Gasteiger partial charge in [-0.2, -0.15) is 0 Å². The van der Waals surface area contributed by atoms with Crippen molar-refractivity contribution >= 4 is 16.9 Å². The van der Waals surface area contributed by atoms with Crippen LogP contribution in [0.4, 0.5) is 4.79 Å². The van der Waals surface area contributed by atoms with Crippen molar-refractivity contribution in [2.75, 3.05) is 0 Å². The SMILES string of the molecule is CC[C@H](Cn1nnc2ccccc2c1=O)NC(=O)NCc1ccccc1. The molecule has 1 aromatic heterocycles. The zero-order valence-electron chi connectivity index (χ0n) is 14.6. The standard InChI is InChI=1S/C19H21N5O2/c1-2-15(21-19(26)20-12-14-8-4-3-5-9-14)13-24-18(25)16-10-6-7-11-17(16)22-23-24/h3-11,15H,2,12-13H2,1H3,(H2,20,21,26)/t15-/m1/s1. The van der Waals surface area contributed by atoms with Crippen molar-refractivity contribution in [3.63, 3.8) is 0 Å². The van der Waals surface area contributed by atoms with Crippen LogP contribution in [0.3, 0.4) is 0 Å². The van der Waals surface area contributed by atoms with Gasteiger partial charge in [0.05, 0.1) is 18.0 Å². The Labute approximate surface area is 151 Å². The third-order valence-electron chi connectivity index (χ3n) is 4.15. The van der Waals surface area contributed by atoms with Gasteiger partial charge in [0.25, 0.3) is 5.56 Å². The van der Waals surface area contributed by atoms with Crippen LogP contribution >= 0.6 is 0 Å². The number of urea groups is 1. The van der Waals surface area contributed by atoms with Gasteiger partial charge in [-0.25, -0.2) is 9.48 Å². The van der Waals surface area contributed by atoms with Crippen LogP contribution in [0.15, 0.2) is 59.4 Å². The second-order valence-corrected chi connectivity index (χ2v) is 6.01. The fourth-order valence-corrected chi connectivity index (χ4v) is 2.64. The molecule has 3 rings (SSSR count). The van der Waals surface area contributed by atoms with Crippen LogP contribution in [-0.2, 0) is 13.1 Å². The van der Waals surface area contributed by atoms with Gasteiger partial charge in [0.2, 0.25) is 0 Å². The Balaban J connectivity index is 1.63. The summed E-state index contributed by atoms with van der Waals surface area (Å²) in [5.41, 5.74) is 1.38. The summed E-state index contributed by atoms with van der Waals surface area (Å²) in [6.45, 7) is 2.66. The van der Waals surface area contributed by atoms with Gasteiger partial charge in [0.15, 0.2) is 0 Å². The van der Waals surface area contributed by atoms with E-state index in [1.54, 1.807) is 18.2 Å². The van der Waals surface area contributed by atoms with Crippen molar-refractivity contribution in [3.8, 4) is 0 Å². The van der Waals surface area contributed by atoms with Gasteiger partial charge >= 0.3 is 6.03 Å². The number of nitrogens with one attached hydrogen (secondary N) is 2. The molecular formula is C19H21N5O2. The zero-order valence-corrected chi connectivity index (χ0v) is 14.6. The molecule has 2 aromatic carbocycles. The smallest absolute Gasteiger partial charge is 0.315 e. The first kappa shape index (κ1) is 17.6. The maximum Gasteiger partial charge on any atom is 0.315 e. The van der Waals surface area contributed by atoms with Gasteiger partial charge < -0.3 is 10.6 Å². The van der Waals surface area contributed by atoms with Crippen LogP contribution in [0.2, 0.25) is 0 Å². The Morgan fingerprint density at radius 2 is 1.85 bits per heavy atom. The van der Waals surface area contributed by atoms with E-state index >= 15 is 0 Å². The fraction of sp³-hybridized carbons (Fsp3) is 0.263. The molecule has 1 atom stereocenters. The number of nitrogens with zero attached hydrogens (tertiary/aromatic N) is 3. The van der Waals surface area contributed by atoms with E-state index in [1.165, 1.54) is 4.68 Å². The van der Waals surface area contributed by atoms with E-state index in [9.17, 15) is 9.59 Å². The Morgan fingerprint density at radius 3 is 2.62 bits per heavy atom. The Hall–Kier alpha value is -3.22. The number of aromatic nitrogens is 3. The van der Waals surface area contributed by atoms with Crippen molar-refractivity contribution in [2.24, 2.45) is 0 Å². The zero-order chi connectivity index (χ0) is 18.4. The lowest BCUT2D eigenvalue weighted by atomic mass is 10.2. The van der Waals surface area contributed by atoms with Crippen molar-refractivity contribution in [1.82, 2.24) is 25.6 Å². The number of carbonyl (C=O) groups excluding carboxylic acids is 1. The molecule has 0 bridgehead atoms. The lowest BCUT2D eigenvalue weighted by Gasteiger charge is -2.18. The van der Waals surface area contributed by atoms with Crippen molar-refractivity contribution < 1.29 is 4.79 Å². The summed E-state index contributed by atoms with van der Waals surface area (Å²) in [5.74, 6) is 0. The van der Waals surface area contributed by atoms with Gasteiger partial charge in [-0.05, 0) is 24.1 Å². The lowest BCUT2D eigenvalue weighted by molar-refractivity contribution is 0.233. The van der Waals surface area contributed by atoms with Crippen molar-refractivity contribution in [3.05, 3.63) is 70.5 Å². The highest BCUT2D eigenvalue weighted by Gasteiger charge is 2.14. The van der Waals surface area contributed by atoms with E-state index in [1.807, 2.05) is 43.3 Å². The average molecular weight is 351 g/mol. The number of rotatable bonds is 6. The third kappa shape index (κ3) is 4.24. The molecule has 0 aliphatic rings. The van der Waals surface area contributed by atoms with Crippen LogP contribution in [-0.4, -0.2) is 27.1 Å². The first-order valence-electron chi connectivity index (χ1n) is 8.58. The topological polar surface area (TPSA) is 88.9 Å². The summed E-state index contributed by atoms with van der Waals surface area (Å²) >= 11 is 0. The molecule has 2 N–H and O–H groups in total. The monoisotopic (exact) mass is 351 g/mol. The molecule has 3 aromatic rings. The van der Waals surface area contributed by atoms with Crippen LogP contribution in [0.1, 0.15) is 18.9 Å². The third-order valence-corrected chi connectivity index (χ3v) is 4.15. The van der Waals surface area contributed by atoms with Crippen molar-refractivity contribution in [1.29, 1.82) is 0 Å². The minimum Gasteiger partial charge on any atom is -0.334 e. The van der Waals surface area contributed by atoms with Crippen LogP contribution in [0.5, 0.6) is 0 Å². The predicted octanol–water partition coefficient (Wildman–Crippen LogP) is 2.07. The largest absolute Gasteiger partial charge is 0.334 e. The van der Waals surface area contributed by atoms with E-state index < -0.39 is 0 Å². The molecule has 0 aliphatic heterocycles. The molecule has 0 fully saturated rings. The van der Waals surface area contributed by atoms with Crippen LogP contribution in [0, 0.1) is 0 Å². The molecule has 134 valence electrons. The highest BCUT2D eigenvalue weighted by molar-refractivity contribution is 5.76. The Kier molecular flexibility index (Phi) is 5.58. The normalized spacial score (nSPS) is 11.9. The van der Waals surface area contributed by atoms with E-state index in [4.69, 9.17) is 0 Å². The molecule has 0 unspecified atom stereocenters. The molecule has 0 saturated carbocycles. The Bertz CT molecular complexity index is 939.